The second-order valence-corrected chi connectivity index (χ2v) is 10.0. The average molecular weight is 435 g/mol. The monoisotopic (exact) mass is 434 g/mol. The van der Waals surface area contributed by atoms with Gasteiger partial charge in [0.1, 0.15) is 17.9 Å². The molecule has 1 aliphatic carbocycles. The van der Waals surface area contributed by atoms with Crippen LogP contribution >= 0.6 is 11.6 Å². The van der Waals surface area contributed by atoms with E-state index < -0.39 is 27.2 Å². The van der Waals surface area contributed by atoms with Crippen LogP contribution < -0.4 is 9.46 Å². The van der Waals surface area contributed by atoms with Gasteiger partial charge >= 0.3 is 10.3 Å². The summed E-state index contributed by atoms with van der Waals surface area (Å²) in [5.74, 6) is 0.517. The van der Waals surface area contributed by atoms with Crippen molar-refractivity contribution in [1.82, 2.24) is 0 Å². The minimum Gasteiger partial charge on any atom is -0.489 e. The Bertz CT molecular complexity index is 1030. The van der Waals surface area contributed by atoms with Gasteiger partial charge in [0.15, 0.2) is 0 Å². The second kappa shape index (κ2) is 7.52. The molecule has 0 amide bonds. The molecule has 0 atom stereocenters. The summed E-state index contributed by atoms with van der Waals surface area (Å²) in [5.41, 5.74) is -0.377. The number of rotatable bonds is 6. The topological polar surface area (TPSA) is 88.4 Å². The molecule has 0 spiro atoms. The third-order valence-electron chi connectivity index (χ3n) is 5.26. The van der Waals surface area contributed by atoms with Crippen molar-refractivity contribution in [2.45, 2.75) is 39.9 Å². The third kappa shape index (κ3) is 4.20. The Morgan fingerprint density at radius 2 is 1.66 bits per heavy atom. The van der Waals surface area contributed by atoms with Crippen LogP contribution in [-0.4, -0.2) is 20.6 Å². The van der Waals surface area contributed by atoms with E-state index in [0.717, 1.165) is 0 Å². The molecule has 0 bridgehead atoms. The summed E-state index contributed by atoms with van der Waals surface area (Å²) in [5, 5.41) is 9.32. The fourth-order valence-electron chi connectivity index (χ4n) is 4.25. The third-order valence-corrected chi connectivity index (χ3v) is 6.50. The Morgan fingerprint density at radius 3 is 2.21 bits per heavy atom. The number of para-hydroxylation sites is 1. The highest BCUT2D eigenvalue weighted by Crippen LogP contribution is 2.57. The SMILES string of the molecule is CC1(C)C(Oc2ccc(C#N)c(Cl)c2)C(C)(C)C1OS(=O)(=O)Nc1ccccc1. The molecule has 0 unspecified atom stereocenters. The molecule has 0 aliphatic heterocycles. The van der Waals surface area contributed by atoms with Gasteiger partial charge in [0, 0.05) is 16.9 Å². The normalized spacial score (nSPS) is 22.2. The zero-order valence-electron chi connectivity index (χ0n) is 16.6. The molecule has 3 rings (SSSR count). The van der Waals surface area contributed by atoms with Gasteiger partial charge in [-0.05, 0) is 24.3 Å². The number of halogens is 1. The molecule has 0 heterocycles. The predicted octanol–water partition coefficient (Wildman–Crippen LogP) is 4.77. The zero-order valence-corrected chi connectivity index (χ0v) is 18.2. The van der Waals surface area contributed by atoms with E-state index >= 15 is 0 Å². The molecule has 1 aliphatic rings. The molecule has 0 radical (unpaired) electrons. The van der Waals surface area contributed by atoms with Crippen molar-refractivity contribution in [2.75, 3.05) is 4.72 Å². The van der Waals surface area contributed by atoms with Crippen molar-refractivity contribution < 1.29 is 17.3 Å². The van der Waals surface area contributed by atoms with E-state index in [1.54, 1.807) is 48.5 Å². The quantitative estimate of drug-likeness (QED) is 0.707. The molecule has 1 fully saturated rings. The van der Waals surface area contributed by atoms with Crippen molar-refractivity contribution in [3.63, 3.8) is 0 Å². The van der Waals surface area contributed by atoms with Gasteiger partial charge in [-0.25, -0.2) is 4.18 Å². The standard InChI is InChI=1S/C21H23ClN2O4S/c1-20(2)18(27-16-11-10-14(13-23)17(22)12-16)21(3,4)19(20)28-29(25,26)24-15-8-6-5-7-9-15/h5-12,18-19,24H,1-4H3. The van der Waals surface area contributed by atoms with E-state index in [2.05, 4.69) is 4.72 Å². The highest BCUT2D eigenvalue weighted by molar-refractivity contribution is 7.88. The number of anilines is 1. The molecule has 1 N–H and O–H groups in total. The lowest BCUT2D eigenvalue weighted by Gasteiger charge is -2.61. The summed E-state index contributed by atoms with van der Waals surface area (Å²) in [6, 6.07) is 15.5. The lowest BCUT2D eigenvalue weighted by molar-refractivity contribution is -0.223. The van der Waals surface area contributed by atoms with Gasteiger partial charge in [0.05, 0.1) is 22.4 Å². The fraction of sp³-hybridized carbons (Fsp3) is 0.381. The number of nitrogens with one attached hydrogen (secondary N) is 1. The van der Waals surface area contributed by atoms with Crippen molar-refractivity contribution in [1.29, 1.82) is 5.26 Å². The number of hydrogen-bond acceptors (Lipinski definition) is 5. The largest absolute Gasteiger partial charge is 0.489 e. The first-order valence-corrected chi connectivity index (χ1v) is 10.9. The van der Waals surface area contributed by atoms with Gasteiger partial charge in [-0.15, -0.1) is 0 Å². The van der Waals surface area contributed by atoms with Crippen molar-refractivity contribution >= 4 is 27.6 Å². The van der Waals surface area contributed by atoms with Gasteiger partial charge in [-0.1, -0.05) is 57.5 Å². The lowest BCUT2D eigenvalue weighted by Crippen LogP contribution is -2.70. The van der Waals surface area contributed by atoms with Gasteiger partial charge in [-0.2, -0.15) is 13.7 Å². The van der Waals surface area contributed by atoms with Crippen LogP contribution in [0, 0.1) is 22.2 Å². The maximum absolute atomic E-state index is 12.5. The lowest BCUT2D eigenvalue weighted by atomic mass is 9.51. The van der Waals surface area contributed by atoms with Crippen LogP contribution in [0.3, 0.4) is 0 Å². The highest BCUT2D eigenvalue weighted by Gasteiger charge is 2.66. The van der Waals surface area contributed by atoms with Gasteiger partial charge in [0.25, 0.3) is 0 Å². The van der Waals surface area contributed by atoms with Crippen LogP contribution in [0.2, 0.25) is 5.02 Å². The van der Waals surface area contributed by atoms with Gasteiger partial charge < -0.3 is 4.74 Å². The molecule has 154 valence electrons. The fourth-order valence-corrected chi connectivity index (χ4v) is 5.68. The van der Waals surface area contributed by atoms with E-state index in [0.29, 0.717) is 22.0 Å². The first-order valence-electron chi connectivity index (χ1n) is 9.10. The minimum atomic E-state index is -4.01. The second-order valence-electron chi connectivity index (χ2n) is 8.29. The Labute approximate surface area is 176 Å². The predicted molar refractivity (Wildman–Crippen MR) is 112 cm³/mol. The summed E-state index contributed by atoms with van der Waals surface area (Å²) in [4.78, 5) is 0. The molecule has 1 saturated carbocycles. The number of nitrogens with zero attached hydrogens (tertiary/aromatic N) is 1. The van der Waals surface area contributed by atoms with Crippen LogP contribution in [-0.2, 0) is 14.5 Å². The summed E-state index contributed by atoms with van der Waals surface area (Å²) in [6.45, 7) is 7.60. The Balaban J connectivity index is 1.76. The van der Waals surface area contributed by atoms with Crippen LogP contribution in [0.4, 0.5) is 5.69 Å². The molecular formula is C21H23ClN2O4S. The molecule has 0 aromatic heterocycles. The zero-order chi connectivity index (χ0) is 21.4. The summed E-state index contributed by atoms with van der Waals surface area (Å²) >= 11 is 6.09. The number of nitriles is 1. The van der Waals surface area contributed by atoms with Crippen molar-refractivity contribution in [3.05, 3.63) is 59.1 Å². The maximum atomic E-state index is 12.5. The van der Waals surface area contributed by atoms with Crippen LogP contribution in [0.5, 0.6) is 5.75 Å². The number of hydrogen-bond donors (Lipinski definition) is 1. The maximum Gasteiger partial charge on any atom is 0.360 e. The molecule has 2 aromatic rings. The van der Waals surface area contributed by atoms with Gasteiger partial charge in [-0.3, -0.25) is 4.72 Å². The molecule has 8 heteroatoms. The van der Waals surface area contributed by atoms with Crippen molar-refractivity contribution in [3.8, 4) is 11.8 Å². The van der Waals surface area contributed by atoms with E-state index in [-0.39, 0.29) is 6.10 Å². The first kappa shape index (κ1) is 21.4. The van der Waals surface area contributed by atoms with Crippen LogP contribution in [0.1, 0.15) is 33.3 Å². The Hall–Kier alpha value is -2.27. The van der Waals surface area contributed by atoms with Crippen LogP contribution in [0.25, 0.3) is 0 Å². The molecule has 0 saturated heterocycles. The summed E-state index contributed by atoms with van der Waals surface area (Å²) in [6.07, 6.45) is -0.925. The smallest absolute Gasteiger partial charge is 0.360 e. The van der Waals surface area contributed by atoms with E-state index in [9.17, 15) is 8.42 Å². The Morgan fingerprint density at radius 1 is 1.03 bits per heavy atom. The number of benzene rings is 2. The average Bonchev–Trinajstić information content (AvgIpc) is 2.64. The Kier molecular flexibility index (Phi) is 5.56. The summed E-state index contributed by atoms with van der Waals surface area (Å²) < 4.78 is 39.2. The summed E-state index contributed by atoms with van der Waals surface area (Å²) in [7, 11) is -4.01. The van der Waals surface area contributed by atoms with E-state index in [4.69, 9.17) is 25.8 Å². The van der Waals surface area contributed by atoms with Crippen LogP contribution in [0.15, 0.2) is 48.5 Å². The van der Waals surface area contributed by atoms with Crippen molar-refractivity contribution in [2.24, 2.45) is 10.8 Å². The van der Waals surface area contributed by atoms with E-state index in [1.165, 1.54) is 0 Å². The first-order chi connectivity index (χ1) is 13.5. The number of ether oxygens (including phenoxy) is 1. The molecular weight excluding hydrogens is 412 g/mol. The molecule has 6 nitrogen and oxygen atoms in total. The van der Waals surface area contributed by atoms with Gasteiger partial charge in [0.2, 0.25) is 0 Å². The van der Waals surface area contributed by atoms with E-state index in [1.807, 2.05) is 33.8 Å². The minimum absolute atomic E-state index is 0.308. The molecule has 29 heavy (non-hydrogen) atoms. The molecule has 2 aromatic carbocycles. The highest BCUT2D eigenvalue weighted by atomic mass is 35.5.